The molecule has 0 radical (unpaired) electrons. The lowest BCUT2D eigenvalue weighted by atomic mass is 9.86. The molecule has 0 spiro atoms. The summed E-state index contributed by atoms with van der Waals surface area (Å²) in [6, 6.07) is 2.40. The lowest BCUT2D eigenvalue weighted by molar-refractivity contribution is -0.385. The summed E-state index contributed by atoms with van der Waals surface area (Å²) >= 11 is 0. The van der Waals surface area contributed by atoms with Crippen molar-refractivity contribution in [2.75, 3.05) is 13.2 Å². The maximum absolute atomic E-state index is 11.1. The van der Waals surface area contributed by atoms with Crippen LogP contribution in [0.5, 0.6) is 5.75 Å². The summed E-state index contributed by atoms with van der Waals surface area (Å²) in [4.78, 5) is 10.6. The first-order valence-electron chi connectivity index (χ1n) is 6.32. The minimum atomic E-state index is -0.538. The van der Waals surface area contributed by atoms with Crippen LogP contribution in [0, 0.1) is 23.0 Å². The van der Waals surface area contributed by atoms with Gasteiger partial charge >= 0.3 is 0 Å². The van der Waals surface area contributed by atoms with Gasteiger partial charge in [0, 0.05) is 25.3 Å². The molecule has 0 amide bonds. The van der Waals surface area contributed by atoms with Gasteiger partial charge in [0.2, 0.25) is 0 Å². The summed E-state index contributed by atoms with van der Waals surface area (Å²) in [6.07, 6.45) is 1.51. The summed E-state index contributed by atoms with van der Waals surface area (Å²) in [6.45, 7) is 2.93. The topological polar surface area (TPSA) is 98.6 Å². The number of phenolic OH excluding ortho intramolecular Hbond substituents is 1. The van der Waals surface area contributed by atoms with Crippen molar-refractivity contribution in [1.82, 2.24) is 0 Å². The number of aryl methyl sites for hydroxylation is 1. The number of rotatable bonds is 3. The molecule has 2 rings (SSSR count). The number of benzene rings is 1. The second kappa shape index (κ2) is 5.54. The van der Waals surface area contributed by atoms with Gasteiger partial charge in [-0.3, -0.25) is 10.1 Å². The van der Waals surface area contributed by atoms with Gasteiger partial charge < -0.3 is 15.6 Å². The first-order valence-corrected chi connectivity index (χ1v) is 6.32. The molecule has 6 heteroatoms. The van der Waals surface area contributed by atoms with E-state index in [0.717, 1.165) is 12.8 Å². The number of nitrogens with zero attached hydrogens (tertiary/aromatic N) is 1. The van der Waals surface area contributed by atoms with E-state index in [4.69, 9.17) is 10.5 Å². The van der Waals surface area contributed by atoms with Crippen molar-refractivity contribution in [3.05, 3.63) is 33.4 Å². The number of phenols is 1. The van der Waals surface area contributed by atoms with Crippen LogP contribution in [0.1, 0.15) is 30.0 Å². The summed E-state index contributed by atoms with van der Waals surface area (Å²) in [5.74, 6) is 0.0355. The van der Waals surface area contributed by atoms with Gasteiger partial charge in [-0.1, -0.05) is 0 Å². The molecule has 0 saturated carbocycles. The fourth-order valence-electron chi connectivity index (χ4n) is 2.50. The third-order valence-corrected chi connectivity index (χ3v) is 3.70. The third kappa shape index (κ3) is 2.69. The van der Waals surface area contributed by atoms with Crippen molar-refractivity contribution in [3.63, 3.8) is 0 Å². The number of ether oxygens (including phenoxy) is 1. The lowest BCUT2D eigenvalue weighted by Gasteiger charge is -2.28. The van der Waals surface area contributed by atoms with E-state index in [9.17, 15) is 15.2 Å². The van der Waals surface area contributed by atoms with E-state index in [1.165, 1.54) is 12.1 Å². The molecule has 1 aliphatic rings. The highest BCUT2D eigenvalue weighted by molar-refractivity contribution is 5.54. The molecule has 19 heavy (non-hydrogen) atoms. The Bertz CT molecular complexity index is 484. The molecular weight excluding hydrogens is 248 g/mol. The molecule has 1 aromatic carbocycles. The molecule has 1 aliphatic heterocycles. The zero-order valence-corrected chi connectivity index (χ0v) is 10.8. The van der Waals surface area contributed by atoms with Gasteiger partial charge in [0.1, 0.15) is 5.75 Å². The molecule has 1 heterocycles. The molecule has 3 N–H and O–H groups in total. The molecule has 1 atom stereocenters. The van der Waals surface area contributed by atoms with Gasteiger partial charge in [-0.25, -0.2) is 0 Å². The van der Waals surface area contributed by atoms with Gasteiger partial charge in [0.25, 0.3) is 5.69 Å². The largest absolute Gasteiger partial charge is 0.507 e. The number of nitro groups is 1. The standard InChI is InChI=1S/C13H18N2O4/c1-8-2-3-10(15(17)18)11(13(8)16)12(14)9-4-6-19-7-5-9/h2-3,9,12,16H,4-7,14H2,1H3/t12-/m1/s1. The van der Waals surface area contributed by atoms with Crippen LogP contribution in [0.4, 0.5) is 5.69 Å². The van der Waals surface area contributed by atoms with E-state index in [2.05, 4.69) is 0 Å². The summed E-state index contributed by atoms with van der Waals surface area (Å²) < 4.78 is 5.27. The van der Waals surface area contributed by atoms with Gasteiger partial charge in [0.15, 0.2) is 0 Å². The highest BCUT2D eigenvalue weighted by atomic mass is 16.6. The molecule has 0 unspecified atom stereocenters. The lowest BCUT2D eigenvalue weighted by Crippen LogP contribution is -2.28. The smallest absolute Gasteiger partial charge is 0.277 e. The van der Waals surface area contributed by atoms with Crippen molar-refractivity contribution in [2.24, 2.45) is 11.7 Å². The number of hydrogen-bond donors (Lipinski definition) is 2. The summed E-state index contributed by atoms with van der Waals surface area (Å²) in [7, 11) is 0. The molecule has 1 aromatic rings. The van der Waals surface area contributed by atoms with Crippen LogP contribution >= 0.6 is 0 Å². The minimum Gasteiger partial charge on any atom is -0.507 e. The van der Waals surface area contributed by atoms with E-state index in [-0.39, 0.29) is 22.9 Å². The minimum absolute atomic E-state index is 0.0619. The van der Waals surface area contributed by atoms with E-state index in [0.29, 0.717) is 18.8 Å². The second-order valence-corrected chi connectivity index (χ2v) is 4.90. The maximum atomic E-state index is 11.1. The molecule has 0 aliphatic carbocycles. The van der Waals surface area contributed by atoms with Gasteiger partial charge in [-0.05, 0) is 37.3 Å². The molecule has 0 bridgehead atoms. The van der Waals surface area contributed by atoms with Crippen LogP contribution in [0.25, 0.3) is 0 Å². The SMILES string of the molecule is Cc1ccc([N+](=O)[O-])c([C@H](N)C2CCOCC2)c1O. The zero-order chi connectivity index (χ0) is 14.0. The number of nitrogens with two attached hydrogens (primary N) is 1. The Morgan fingerprint density at radius 2 is 2.11 bits per heavy atom. The number of nitro benzene ring substituents is 1. The van der Waals surface area contributed by atoms with E-state index in [1.807, 2.05) is 0 Å². The molecule has 0 aromatic heterocycles. The molecule has 104 valence electrons. The van der Waals surface area contributed by atoms with Gasteiger partial charge in [-0.15, -0.1) is 0 Å². The van der Waals surface area contributed by atoms with Crippen LogP contribution in [0.2, 0.25) is 0 Å². The van der Waals surface area contributed by atoms with Crippen LogP contribution in [0.3, 0.4) is 0 Å². The summed E-state index contributed by atoms with van der Waals surface area (Å²) in [5, 5.41) is 21.2. The van der Waals surface area contributed by atoms with E-state index < -0.39 is 11.0 Å². The monoisotopic (exact) mass is 266 g/mol. The molecular formula is C13H18N2O4. The van der Waals surface area contributed by atoms with Crippen molar-refractivity contribution in [1.29, 1.82) is 0 Å². The number of hydrogen-bond acceptors (Lipinski definition) is 5. The first kappa shape index (κ1) is 13.8. The Morgan fingerprint density at radius 3 is 2.68 bits per heavy atom. The second-order valence-electron chi connectivity index (χ2n) is 4.90. The van der Waals surface area contributed by atoms with Gasteiger partial charge in [-0.2, -0.15) is 0 Å². The van der Waals surface area contributed by atoms with Crippen LogP contribution in [0.15, 0.2) is 12.1 Å². The van der Waals surface area contributed by atoms with Crippen molar-refractivity contribution in [3.8, 4) is 5.75 Å². The highest BCUT2D eigenvalue weighted by Crippen LogP contribution is 2.40. The Morgan fingerprint density at radius 1 is 1.47 bits per heavy atom. The first-order chi connectivity index (χ1) is 9.02. The fourth-order valence-corrected chi connectivity index (χ4v) is 2.50. The zero-order valence-electron chi connectivity index (χ0n) is 10.8. The van der Waals surface area contributed by atoms with Gasteiger partial charge in [0.05, 0.1) is 10.5 Å². The van der Waals surface area contributed by atoms with E-state index >= 15 is 0 Å². The van der Waals surface area contributed by atoms with Crippen LogP contribution < -0.4 is 5.73 Å². The Hall–Kier alpha value is -1.66. The fraction of sp³-hybridized carbons (Fsp3) is 0.538. The van der Waals surface area contributed by atoms with Crippen molar-refractivity contribution < 1.29 is 14.8 Å². The predicted molar refractivity (Wildman–Crippen MR) is 70.0 cm³/mol. The van der Waals surface area contributed by atoms with Crippen LogP contribution in [-0.4, -0.2) is 23.2 Å². The van der Waals surface area contributed by atoms with Crippen molar-refractivity contribution >= 4 is 5.69 Å². The normalized spacial score (nSPS) is 18.2. The van der Waals surface area contributed by atoms with Crippen molar-refractivity contribution in [2.45, 2.75) is 25.8 Å². The van der Waals surface area contributed by atoms with E-state index in [1.54, 1.807) is 6.92 Å². The Kier molecular flexibility index (Phi) is 4.01. The Balaban J connectivity index is 2.41. The Labute approximate surface area is 111 Å². The third-order valence-electron chi connectivity index (χ3n) is 3.70. The molecule has 1 saturated heterocycles. The molecule has 1 fully saturated rings. The average Bonchev–Trinajstić information content (AvgIpc) is 2.41. The average molecular weight is 266 g/mol. The molecule has 6 nitrogen and oxygen atoms in total. The predicted octanol–water partition coefficient (Wildman–Crippen LogP) is 2.04. The highest BCUT2D eigenvalue weighted by Gasteiger charge is 2.31. The maximum Gasteiger partial charge on any atom is 0.277 e. The van der Waals surface area contributed by atoms with Crippen LogP contribution in [-0.2, 0) is 4.74 Å². The quantitative estimate of drug-likeness (QED) is 0.644. The number of aromatic hydroxyl groups is 1. The summed E-state index contributed by atoms with van der Waals surface area (Å²) in [5.41, 5.74) is 6.90.